The zero-order valence-corrected chi connectivity index (χ0v) is 11.1. The minimum atomic E-state index is -2.00. The van der Waals surface area contributed by atoms with Gasteiger partial charge in [-0.25, -0.2) is 0 Å². The van der Waals surface area contributed by atoms with Crippen molar-refractivity contribution in [3.63, 3.8) is 0 Å². The van der Waals surface area contributed by atoms with Crippen LogP contribution in [0, 0.1) is 6.07 Å². The van der Waals surface area contributed by atoms with Crippen molar-refractivity contribution < 1.29 is 25.7 Å². The van der Waals surface area contributed by atoms with Crippen molar-refractivity contribution in [2.75, 3.05) is 5.32 Å². The molecule has 5 heteroatoms. The van der Waals surface area contributed by atoms with Crippen molar-refractivity contribution >= 4 is 23.1 Å². The van der Waals surface area contributed by atoms with Crippen LogP contribution in [0.1, 0.15) is 0 Å². The summed E-state index contributed by atoms with van der Waals surface area (Å²) in [4.78, 5) is 2.52. The Morgan fingerprint density at radius 2 is 1.76 bits per heavy atom. The number of para-hydroxylation sites is 2. The van der Waals surface area contributed by atoms with Gasteiger partial charge in [0.1, 0.15) is 0 Å². The van der Waals surface area contributed by atoms with E-state index in [0.29, 0.717) is 0 Å². The largest absolute Gasteiger partial charge is 0.353 e. The first-order chi connectivity index (χ1) is 8.35. The third kappa shape index (κ3) is 2.97. The van der Waals surface area contributed by atoms with E-state index < -0.39 is 19.1 Å². The molecule has 83 valence electrons. The van der Waals surface area contributed by atoms with Crippen molar-refractivity contribution in [1.82, 2.24) is 0 Å². The summed E-state index contributed by atoms with van der Waals surface area (Å²) in [6, 6.07) is 17.6. The predicted molar refractivity (Wildman–Crippen MR) is 60.5 cm³/mol. The Kier molecular flexibility index (Phi) is 4.37. The van der Waals surface area contributed by atoms with Crippen LogP contribution in [0.25, 0.3) is 0 Å². The third-order valence-electron chi connectivity index (χ3n) is 2.18. The standard InChI is InChI=1S/C12H8NS.2O.Ti/c1-3-7-11-9(5-1)13-10-6-2-4-8-12(10)14-11;;;/h1-5,7-8,13H;;;. The molecule has 0 spiro atoms. The number of hydrogen-bond acceptors (Lipinski definition) is 4. The quantitative estimate of drug-likeness (QED) is 0.640. The zero-order chi connectivity index (χ0) is 12.1. The van der Waals surface area contributed by atoms with Crippen molar-refractivity contribution in [1.29, 1.82) is 0 Å². The Morgan fingerprint density at radius 1 is 1.06 bits per heavy atom. The van der Waals surface area contributed by atoms with Crippen LogP contribution in [-0.4, -0.2) is 0 Å². The van der Waals surface area contributed by atoms with Gasteiger partial charge >= 0.3 is 25.7 Å². The van der Waals surface area contributed by atoms with Crippen LogP contribution in [-0.2, 0) is 25.7 Å². The molecule has 1 N–H and O–H groups in total. The average Bonchev–Trinajstić information content (AvgIpc) is 2.37. The summed E-state index contributed by atoms with van der Waals surface area (Å²) >= 11 is -0.211. The van der Waals surface area contributed by atoms with Crippen molar-refractivity contribution in [3.05, 3.63) is 48.5 Å². The van der Waals surface area contributed by atoms with E-state index in [1.165, 1.54) is 15.5 Å². The van der Waals surface area contributed by atoms with Crippen molar-refractivity contribution in [2.45, 2.75) is 9.79 Å². The van der Waals surface area contributed by atoms with Gasteiger partial charge in [0.2, 0.25) is 0 Å². The molecule has 0 unspecified atom stereocenters. The van der Waals surface area contributed by atoms with E-state index in [1.54, 1.807) is 11.8 Å². The molecule has 0 saturated carbocycles. The fraction of sp³-hybridized carbons (Fsp3) is 0. The van der Waals surface area contributed by atoms with Gasteiger partial charge in [-0.05, 0) is 18.2 Å². The normalized spacial score (nSPS) is 10.8. The number of anilines is 2. The summed E-state index contributed by atoms with van der Waals surface area (Å²) in [6.45, 7) is 0. The van der Waals surface area contributed by atoms with E-state index in [9.17, 15) is 0 Å². The smallest absolute Gasteiger partial charge is 0.0606 e. The maximum Gasteiger partial charge on any atom is 0.0606 e. The molecule has 1 aliphatic heterocycles. The van der Waals surface area contributed by atoms with Crippen LogP contribution >= 0.6 is 11.8 Å². The van der Waals surface area contributed by atoms with Gasteiger partial charge in [0, 0.05) is 15.9 Å². The van der Waals surface area contributed by atoms with Crippen LogP contribution in [0.2, 0.25) is 0 Å². The first-order valence-electron chi connectivity index (χ1n) is 4.89. The molecule has 0 amide bonds. The molecule has 1 radical (unpaired) electrons. The number of rotatable bonds is 0. The van der Waals surface area contributed by atoms with Gasteiger partial charge in [0.25, 0.3) is 0 Å². The number of benzene rings is 2. The summed E-state index contributed by atoms with van der Waals surface area (Å²) in [5, 5.41) is 3.36. The Morgan fingerprint density at radius 3 is 2.59 bits per heavy atom. The average molecular weight is 278 g/mol. The third-order valence-corrected chi connectivity index (χ3v) is 3.32. The fourth-order valence-corrected chi connectivity index (χ4v) is 2.49. The van der Waals surface area contributed by atoms with Crippen molar-refractivity contribution in [3.8, 4) is 0 Å². The van der Waals surface area contributed by atoms with Gasteiger partial charge in [-0.1, -0.05) is 36.0 Å². The van der Waals surface area contributed by atoms with Gasteiger partial charge in [-0.15, -0.1) is 0 Å². The van der Waals surface area contributed by atoms with Crippen LogP contribution in [0.4, 0.5) is 11.4 Å². The molecular formula is C12H8NO2STi. The molecule has 0 saturated heterocycles. The molecule has 17 heavy (non-hydrogen) atoms. The van der Waals surface area contributed by atoms with E-state index in [-0.39, 0.29) is 0 Å². The van der Waals surface area contributed by atoms with Crippen LogP contribution in [0.15, 0.2) is 52.3 Å². The van der Waals surface area contributed by atoms with Crippen molar-refractivity contribution in [2.24, 2.45) is 0 Å². The minimum Gasteiger partial charge on any atom is -0.353 e. The molecule has 0 bridgehead atoms. The molecule has 0 fully saturated rings. The molecule has 0 aromatic heterocycles. The zero-order valence-electron chi connectivity index (χ0n) is 8.77. The Bertz CT molecular complexity index is 480. The second-order valence-corrected chi connectivity index (χ2v) is 4.56. The van der Waals surface area contributed by atoms with Gasteiger partial charge in [-0.2, -0.15) is 0 Å². The molecule has 1 heterocycles. The van der Waals surface area contributed by atoms with E-state index in [2.05, 4.69) is 35.6 Å². The van der Waals surface area contributed by atoms with Crippen LogP contribution in [0.3, 0.4) is 0 Å². The van der Waals surface area contributed by atoms with Crippen LogP contribution < -0.4 is 5.32 Å². The van der Waals surface area contributed by atoms with Crippen LogP contribution in [0.5, 0.6) is 0 Å². The Balaban J connectivity index is 0.000000329. The summed E-state index contributed by atoms with van der Waals surface area (Å²) in [5.74, 6) is 0. The second kappa shape index (κ2) is 6.01. The summed E-state index contributed by atoms with van der Waals surface area (Å²) in [6.07, 6.45) is 0. The van der Waals surface area contributed by atoms with E-state index in [1.807, 2.05) is 18.2 Å². The second-order valence-electron chi connectivity index (χ2n) is 3.22. The Hall–Kier alpha value is -1.10. The molecule has 3 rings (SSSR count). The van der Waals surface area contributed by atoms with E-state index in [4.69, 9.17) is 6.65 Å². The SMILES string of the molecule is [O]=[Ti]=[O].[c]1cccc2c1Nc1ccccc1S2. The molecule has 2 aromatic carbocycles. The first kappa shape index (κ1) is 12.4. The summed E-state index contributed by atoms with van der Waals surface area (Å²) in [5.41, 5.74) is 2.25. The number of hydrogen-bond donors (Lipinski definition) is 1. The Labute approximate surface area is 112 Å². The monoisotopic (exact) mass is 278 g/mol. The molecular weight excluding hydrogens is 270 g/mol. The number of fused-ring (bicyclic) bond motifs is 2. The van der Waals surface area contributed by atoms with Gasteiger partial charge in [0.05, 0.1) is 11.4 Å². The molecule has 0 atom stereocenters. The van der Waals surface area contributed by atoms with Gasteiger partial charge in [0.15, 0.2) is 0 Å². The molecule has 0 aliphatic carbocycles. The molecule has 2 aromatic rings. The van der Waals surface area contributed by atoms with E-state index in [0.717, 1.165) is 5.69 Å². The first-order valence-corrected chi connectivity index (χ1v) is 6.98. The molecule has 3 nitrogen and oxygen atoms in total. The fourth-order valence-electron chi connectivity index (χ4n) is 1.52. The maximum absolute atomic E-state index is 8.50. The predicted octanol–water partition coefficient (Wildman–Crippen LogP) is 3.45. The van der Waals surface area contributed by atoms with E-state index >= 15 is 0 Å². The number of nitrogens with one attached hydrogen (secondary N) is 1. The van der Waals surface area contributed by atoms with Gasteiger partial charge < -0.3 is 5.32 Å². The van der Waals surface area contributed by atoms with Gasteiger partial charge in [-0.3, -0.25) is 0 Å². The minimum absolute atomic E-state index is 1.08. The molecule has 1 aliphatic rings. The summed E-state index contributed by atoms with van der Waals surface area (Å²) in [7, 11) is 0. The topological polar surface area (TPSA) is 46.2 Å². The maximum atomic E-state index is 8.50. The summed E-state index contributed by atoms with van der Waals surface area (Å²) < 4.78 is 17.0.